The quantitative estimate of drug-likeness (QED) is 0.699. The molecular formula is C11H14N2. The summed E-state index contributed by atoms with van der Waals surface area (Å²) in [5.74, 6) is 0. The molecule has 0 saturated carbocycles. The minimum atomic E-state index is 1.09. The molecule has 2 aromatic heterocycles. The summed E-state index contributed by atoms with van der Waals surface area (Å²) >= 11 is 0. The summed E-state index contributed by atoms with van der Waals surface area (Å²) in [5.41, 5.74) is 2.47. The van der Waals surface area contributed by atoms with Crippen LogP contribution >= 0.6 is 0 Å². The molecule has 0 unspecified atom stereocenters. The van der Waals surface area contributed by atoms with Crippen LogP contribution < -0.4 is 0 Å². The summed E-state index contributed by atoms with van der Waals surface area (Å²) in [4.78, 5) is 4.40. The normalized spacial score (nSPS) is 10.8. The first-order valence-corrected chi connectivity index (χ1v) is 4.82. The Kier molecular flexibility index (Phi) is 2.30. The number of rotatable bonds is 3. The molecular weight excluding hydrogens is 160 g/mol. The topological polar surface area (TPSA) is 17.3 Å². The van der Waals surface area contributed by atoms with Crippen LogP contribution in [0.5, 0.6) is 0 Å². The number of aryl methyl sites for hydroxylation is 1. The van der Waals surface area contributed by atoms with Gasteiger partial charge in [-0.1, -0.05) is 19.4 Å². The van der Waals surface area contributed by atoms with Crippen LogP contribution in [-0.4, -0.2) is 9.38 Å². The van der Waals surface area contributed by atoms with Crippen LogP contribution in [-0.2, 0) is 6.42 Å². The van der Waals surface area contributed by atoms with Crippen molar-refractivity contribution in [3.8, 4) is 0 Å². The molecule has 0 atom stereocenters. The Balaban J connectivity index is 2.35. The molecule has 0 bridgehead atoms. The highest BCUT2D eigenvalue weighted by Gasteiger charge is 2.01. The minimum absolute atomic E-state index is 1.09. The second kappa shape index (κ2) is 3.60. The predicted molar refractivity (Wildman–Crippen MR) is 53.8 cm³/mol. The van der Waals surface area contributed by atoms with Gasteiger partial charge in [-0.2, -0.15) is 0 Å². The molecule has 13 heavy (non-hydrogen) atoms. The number of aromatic nitrogens is 2. The summed E-state index contributed by atoms with van der Waals surface area (Å²) in [7, 11) is 0. The number of nitrogens with zero attached hydrogens (tertiary/aromatic N) is 2. The minimum Gasteiger partial charge on any atom is -0.306 e. The Morgan fingerprint density at radius 1 is 1.38 bits per heavy atom. The third-order valence-electron chi connectivity index (χ3n) is 2.29. The molecule has 0 aliphatic rings. The maximum Gasteiger partial charge on any atom is 0.0995 e. The van der Waals surface area contributed by atoms with Crippen molar-refractivity contribution in [1.82, 2.24) is 9.38 Å². The van der Waals surface area contributed by atoms with Gasteiger partial charge in [0, 0.05) is 6.20 Å². The van der Waals surface area contributed by atoms with Crippen molar-refractivity contribution in [1.29, 1.82) is 0 Å². The van der Waals surface area contributed by atoms with Crippen LogP contribution in [0.2, 0.25) is 0 Å². The Bertz CT molecular complexity index is 390. The lowest BCUT2D eigenvalue weighted by Gasteiger charge is -1.96. The average molecular weight is 174 g/mol. The van der Waals surface area contributed by atoms with Crippen LogP contribution in [0, 0.1) is 0 Å². The molecule has 0 radical (unpaired) electrons. The highest BCUT2D eigenvalue weighted by atomic mass is 15.0. The number of pyridine rings is 1. The van der Waals surface area contributed by atoms with Crippen molar-refractivity contribution in [2.24, 2.45) is 0 Å². The number of fused-ring (bicyclic) bond motifs is 1. The largest absolute Gasteiger partial charge is 0.306 e. The summed E-state index contributed by atoms with van der Waals surface area (Å²) in [6.45, 7) is 2.21. The highest BCUT2D eigenvalue weighted by molar-refractivity contribution is 5.51. The van der Waals surface area contributed by atoms with Crippen molar-refractivity contribution < 1.29 is 0 Å². The SMILES string of the molecule is CCCCc1ncn2ccccc12. The van der Waals surface area contributed by atoms with Crippen LogP contribution in [0.4, 0.5) is 0 Å². The van der Waals surface area contributed by atoms with E-state index < -0.39 is 0 Å². The second-order valence-corrected chi connectivity index (χ2v) is 3.29. The maximum atomic E-state index is 4.40. The molecule has 68 valence electrons. The molecule has 0 fully saturated rings. The fraction of sp³-hybridized carbons (Fsp3) is 0.364. The van der Waals surface area contributed by atoms with E-state index in [4.69, 9.17) is 0 Å². The van der Waals surface area contributed by atoms with Crippen molar-refractivity contribution in [2.75, 3.05) is 0 Å². The van der Waals surface area contributed by atoms with E-state index in [0.29, 0.717) is 0 Å². The van der Waals surface area contributed by atoms with E-state index >= 15 is 0 Å². The van der Waals surface area contributed by atoms with Crippen LogP contribution in [0.25, 0.3) is 5.52 Å². The standard InChI is InChI=1S/C11H14N2/c1-2-3-6-10-11-7-4-5-8-13(11)9-12-10/h4-5,7-9H,2-3,6H2,1H3. The molecule has 2 nitrogen and oxygen atoms in total. The summed E-state index contributed by atoms with van der Waals surface area (Å²) < 4.78 is 2.07. The van der Waals surface area contributed by atoms with Crippen molar-refractivity contribution in [3.05, 3.63) is 36.4 Å². The molecule has 0 amide bonds. The van der Waals surface area contributed by atoms with Gasteiger partial charge in [-0.3, -0.25) is 0 Å². The number of unbranched alkanes of at least 4 members (excludes halogenated alkanes) is 1. The smallest absolute Gasteiger partial charge is 0.0995 e. The van der Waals surface area contributed by atoms with Crippen LogP contribution in [0.3, 0.4) is 0 Å². The Morgan fingerprint density at radius 3 is 3.15 bits per heavy atom. The zero-order chi connectivity index (χ0) is 9.10. The van der Waals surface area contributed by atoms with Gasteiger partial charge in [0.2, 0.25) is 0 Å². The summed E-state index contributed by atoms with van der Waals surface area (Å²) in [6, 6.07) is 6.21. The van der Waals surface area contributed by atoms with Crippen LogP contribution in [0.1, 0.15) is 25.5 Å². The predicted octanol–water partition coefficient (Wildman–Crippen LogP) is 2.68. The Hall–Kier alpha value is -1.31. The van der Waals surface area contributed by atoms with Gasteiger partial charge in [-0.25, -0.2) is 4.98 Å². The van der Waals surface area contributed by atoms with Gasteiger partial charge in [-0.15, -0.1) is 0 Å². The molecule has 0 N–H and O–H groups in total. The van der Waals surface area contributed by atoms with Crippen LogP contribution in [0.15, 0.2) is 30.7 Å². The van der Waals surface area contributed by atoms with Crippen molar-refractivity contribution >= 4 is 5.52 Å². The van der Waals surface area contributed by atoms with E-state index in [1.165, 1.54) is 24.1 Å². The lowest BCUT2D eigenvalue weighted by atomic mass is 10.2. The molecule has 0 spiro atoms. The first-order valence-electron chi connectivity index (χ1n) is 4.82. The first-order chi connectivity index (χ1) is 6.42. The van der Waals surface area contributed by atoms with E-state index in [1.54, 1.807) is 0 Å². The van der Waals surface area contributed by atoms with Crippen molar-refractivity contribution in [2.45, 2.75) is 26.2 Å². The zero-order valence-corrected chi connectivity index (χ0v) is 7.90. The molecule has 2 rings (SSSR count). The third kappa shape index (κ3) is 1.57. The van der Waals surface area contributed by atoms with Gasteiger partial charge in [0.25, 0.3) is 0 Å². The van der Waals surface area contributed by atoms with E-state index in [-0.39, 0.29) is 0 Å². The van der Waals surface area contributed by atoms with Gasteiger partial charge < -0.3 is 4.40 Å². The zero-order valence-electron chi connectivity index (χ0n) is 7.90. The van der Waals surface area contributed by atoms with Crippen molar-refractivity contribution in [3.63, 3.8) is 0 Å². The molecule has 0 aromatic carbocycles. The second-order valence-electron chi connectivity index (χ2n) is 3.29. The van der Waals surface area contributed by atoms with Gasteiger partial charge >= 0.3 is 0 Å². The lowest BCUT2D eigenvalue weighted by molar-refractivity contribution is 0.785. The summed E-state index contributed by atoms with van der Waals surface area (Å²) in [6.07, 6.45) is 7.47. The number of hydrogen-bond donors (Lipinski definition) is 0. The van der Waals surface area contributed by atoms with Gasteiger partial charge in [0.05, 0.1) is 17.5 Å². The summed E-state index contributed by atoms with van der Waals surface area (Å²) in [5, 5.41) is 0. The third-order valence-corrected chi connectivity index (χ3v) is 2.29. The molecule has 2 heteroatoms. The van der Waals surface area contributed by atoms with Gasteiger partial charge in [-0.05, 0) is 25.0 Å². The van der Waals surface area contributed by atoms with E-state index in [0.717, 1.165) is 6.42 Å². The molecule has 0 saturated heterocycles. The molecule has 0 aliphatic heterocycles. The van der Waals surface area contributed by atoms with E-state index in [1.807, 2.05) is 18.6 Å². The first kappa shape index (κ1) is 8.30. The molecule has 2 heterocycles. The monoisotopic (exact) mass is 174 g/mol. The molecule has 2 aromatic rings. The highest BCUT2D eigenvalue weighted by Crippen LogP contribution is 2.11. The number of hydrogen-bond acceptors (Lipinski definition) is 1. The molecule has 0 aliphatic carbocycles. The van der Waals surface area contributed by atoms with Gasteiger partial charge in [0.15, 0.2) is 0 Å². The van der Waals surface area contributed by atoms with E-state index in [2.05, 4.69) is 28.4 Å². The Labute approximate surface area is 78.2 Å². The van der Waals surface area contributed by atoms with E-state index in [9.17, 15) is 0 Å². The van der Waals surface area contributed by atoms with Gasteiger partial charge in [0.1, 0.15) is 0 Å². The fourth-order valence-corrected chi connectivity index (χ4v) is 1.54. The lowest BCUT2D eigenvalue weighted by Crippen LogP contribution is -1.86. The Morgan fingerprint density at radius 2 is 2.31 bits per heavy atom. The number of imidazole rings is 1. The maximum absolute atomic E-state index is 4.40. The fourth-order valence-electron chi connectivity index (χ4n) is 1.54. The average Bonchev–Trinajstić information content (AvgIpc) is 2.58.